The van der Waals surface area contributed by atoms with E-state index in [4.69, 9.17) is 0 Å². The van der Waals surface area contributed by atoms with E-state index in [0.717, 1.165) is 0 Å². The van der Waals surface area contributed by atoms with E-state index < -0.39 is 5.76 Å². The lowest BCUT2D eigenvalue weighted by Crippen LogP contribution is -2.27. The zero-order valence-corrected chi connectivity index (χ0v) is 9.98. The van der Waals surface area contributed by atoms with Crippen LogP contribution in [0.15, 0.2) is 33.6 Å². The number of hydrogen-bond donors (Lipinski definition) is 2. The maximum absolute atomic E-state index is 12.9. The van der Waals surface area contributed by atoms with Crippen molar-refractivity contribution in [1.82, 2.24) is 15.5 Å². The molecule has 1 aromatic heterocycles. The zero-order chi connectivity index (χ0) is 13.7. The highest BCUT2D eigenvalue weighted by Crippen LogP contribution is 2.03. The van der Waals surface area contributed by atoms with Crippen LogP contribution in [0.5, 0.6) is 0 Å². The Morgan fingerprint density at radius 1 is 1.47 bits per heavy atom. The Morgan fingerprint density at radius 3 is 3.00 bits per heavy atom. The second-order valence-electron chi connectivity index (χ2n) is 3.95. The number of carbonyl (C=O) groups excluding carboxylic acids is 1. The molecule has 0 saturated carbocycles. The summed E-state index contributed by atoms with van der Waals surface area (Å²) in [6.07, 6.45) is 0.466. The van der Waals surface area contributed by atoms with E-state index in [2.05, 4.69) is 20.0 Å². The highest BCUT2D eigenvalue weighted by atomic mass is 19.1. The number of aromatic nitrogens is 2. The molecule has 0 aliphatic carbocycles. The van der Waals surface area contributed by atoms with Gasteiger partial charge in [0.05, 0.1) is 6.42 Å². The van der Waals surface area contributed by atoms with Gasteiger partial charge in [-0.1, -0.05) is 17.3 Å². The number of aromatic amines is 1. The van der Waals surface area contributed by atoms with E-state index in [0.29, 0.717) is 24.4 Å². The first-order valence-electron chi connectivity index (χ1n) is 5.69. The largest absolute Gasteiger partial charge is 0.438 e. The Morgan fingerprint density at radius 2 is 2.32 bits per heavy atom. The molecule has 0 spiro atoms. The van der Waals surface area contributed by atoms with Gasteiger partial charge in [0.2, 0.25) is 5.91 Å². The van der Waals surface area contributed by atoms with Gasteiger partial charge < -0.3 is 5.32 Å². The average Bonchev–Trinajstić information content (AvgIpc) is 2.75. The number of carbonyl (C=O) groups is 1. The van der Waals surface area contributed by atoms with E-state index in [1.54, 1.807) is 12.1 Å². The Hall–Kier alpha value is -2.44. The number of halogens is 1. The molecular formula is C12H12FN3O3. The first-order chi connectivity index (χ1) is 9.13. The molecule has 2 aromatic rings. The summed E-state index contributed by atoms with van der Waals surface area (Å²) >= 11 is 0. The van der Waals surface area contributed by atoms with Gasteiger partial charge in [-0.25, -0.2) is 9.18 Å². The molecule has 1 heterocycles. The molecule has 0 atom stereocenters. The Kier molecular flexibility index (Phi) is 4.07. The molecule has 2 rings (SSSR count). The summed E-state index contributed by atoms with van der Waals surface area (Å²) < 4.78 is 17.2. The third kappa shape index (κ3) is 4.06. The van der Waals surface area contributed by atoms with Gasteiger partial charge in [0.25, 0.3) is 0 Å². The van der Waals surface area contributed by atoms with Crippen molar-refractivity contribution in [3.8, 4) is 0 Å². The quantitative estimate of drug-likeness (QED) is 0.819. The van der Waals surface area contributed by atoms with Crippen molar-refractivity contribution < 1.29 is 13.7 Å². The van der Waals surface area contributed by atoms with Crippen molar-refractivity contribution in [2.45, 2.75) is 12.8 Å². The molecule has 0 aliphatic rings. The molecular weight excluding hydrogens is 253 g/mol. The summed E-state index contributed by atoms with van der Waals surface area (Å²) in [5.74, 6) is -0.848. The van der Waals surface area contributed by atoms with Crippen LogP contribution in [0.2, 0.25) is 0 Å². The number of benzene rings is 1. The van der Waals surface area contributed by atoms with Gasteiger partial charge >= 0.3 is 5.76 Å². The summed E-state index contributed by atoms with van der Waals surface area (Å²) in [5, 5.41) is 6.11. The summed E-state index contributed by atoms with van der Waals surface area (Å²) in [6, 6.07) is 5.87. The summed E-state index contributed by atoms with van der Waals surface area (Å²) in [5.41, 5.74) is 0.604. The minimum Gasteiger partial charge on any atom is -0.355 e. The SMILES string of the molecule is O=C(Cc1cccc(F)c1)NCCc1noc(=O)[nH]1. The second-order valence-corrected chi connectivity index (χ2v) is 3.95. The standard InChI is InChI=1S/C12H12FN3O3/c13-9-3-1-2-8(6-9)7-11(17)14-5-4-10-15-12(18)19-16-10/h1-3,6H,4-5,7H2,(H,14,17)(H,15,16,18). The molecule has 7 heteroatoms. The van der Waals surface area contributed by atoms with Crippen LogP contribution in [0, 0.1) is 5.82 Å². The van der Waals surface area contributed by atoms with E-state index >= 15 is 0 Å². The third-order valence-electron chi connectivity index (χ3n) is 2.42. The number of nitrogens with one attached hydrogen (secondary N) is 2. The molecule has 1 aromatic carbocycles. The van der Waals surface area contributed by atoms with Crippen LogP contribution in [0.25, 0.3) is 0 Å². The number of hydrogen-bond acceptors (Lipinski definition) is 4. The molecule has 0 radical (unpaired) electrons. The van der Waals surface area contributed by atoms with Crippen molar-refractivity contribution in [3.63, 3.8) is 0 Å². The summed E-state index contributed by atoms with van der Waals surface area (Å²) in [7, 11) is 0. The van der Waals surface area contributed by atoms with E-state index in [1.165, 1.54) is 12.1 Å². The van der Waals surface area contributed by atoms with Crippen LogP contribution in [0.4, 0.5) is 4.39 Å². The molecule has 0 aliphatic heterocycles. The summed E-state index contributed by atoms with van der Waals surface area (Å²) in [4.78, 5) is 24.6. The molecule has 100 valence electrons. The minimum absolute atomic E-state index is 0.104. The maximum Gasteiger partial charge on any atom is 0.438 e. The fourth-order valence-corrected chi connectivity index (χ4v) is 1.58. The fraction of sp³-hybridized carbons (Fsp3) is 0.250. The Balaban J connectivity index is 1.77. The van der Waals surface area contributed by atoms with Crippen LogP contribution in [0.3, 0.4) is 0 Å². The predicted molar refractivity (Wildman–Crippen MR) is 63.9 cm³/mol. The lowest BCUT2D eigenvalue weighted by molar-refractivity contribution is -0.120. The lowest BCUT2D eigenvalue weighted by atomic mass is 10.1. The number of amides is 1. The number of H-pyrrole nitrogens is 1. The van der Waals surface area contributed by atoms with Gasteiger partial charge in [-0.05, 0) is 17.7 Å². The smallest absolute Gasteiger partial charge is 0.355 e. The van der Waals surface area contributed by atoms with Gasteiger partial charge in [-0.3, -0.25) is 14.3 Å². The topological polar surface area (TPSA) is 88.0 Å². The summed E-state index contributed by atoms with van der Waals surface area (Å²) in [6.45, 7) is 0.316. The van der Waals surface area contributed by atoms with Gasteiger partial charge in [0.1, 0.15) is 5.82 Å². The molecule has 2 N–H and O–H groups in total. The second kappa shape index (κ2) is 5.94. The Bertz CT molecular complexity index is 620. The fourth-order valence-electron chi connectivity index (χ4n) is 1.58. The van der Waals surface area contributed by atoms with Gasteiger partial charge in [0, 0.05) is 13.0 Å². The van der Waals surface area contributed by atoms with E-state index in [9.17, 15) is 14.0 Å². The van der Waals surface area contributed by atoms with Crippen LogP contribution >= 0.6 is 0 Å². The van der Waals surface area contributed by atoms with Gasteiger partial charge in [0.15, 0.2) is 5.82 Å². The van der Waals surface area contributed by atoms with Crippen LogP contribution in [-0.4, -0.2) is 22.6 Å². The van der Waals surface area contributed by atoms with Crippen molar-refractivity contribution in [2.75, 3.05) is 6.54 Å². The highest BCUT2D eigenvalue weighted by Gasteiger charge is 2.05. The van der Waals surface area contributed by atoms with E-state index in [1.807, 2.05) is 0 Å². The van der Waals surface area contributed by atoms with Crippen molar-refractivity contribution in [3.05, 3.63) is 52.0 Å². The molecule has 1 amide bonds. The van der Waals surface area contributed by atoms with Gasteiger partial charge in [-0.2, -0.15) is 0 Å². The predicted octanol–water partition coefficient (Wildman–Crippen LogP) is 0.403. The molecule has 19 heavy (non-hydrogen) atoms. The molecule has 0 unspecified atom stereocenters. The average molecular weight is 265 g/mol. The molecule has 6 nitrogen and oxygen atoms in total. The first-order valence-corrected chi connectivity index (χ1v) is 5.69. The lowest BCUT2D eigenvalue weighted by Gasteiger charge is -2.03. The molecule has 0 bridgehead atoms. The normalized spacial score (nSPS) is 10.4. The first kappa shape index (κ1) is 13.0. The highest BCUT2D eigenvalue weighted by molar-refractivity contribution is 5.78. The van der Waals surface area contributed by atoms with Crippen LogP contribution < -0.4 is 11.1 Å². The van der Waals surface area contributed by atoms with Gasteiger partial charge in [-0.15, -0.1) is 0 Å². The molecule has 0 fully saturated rings. The molecule has 0 saturated heterocycles. The maximum atomic E-state index is 12.9. The minimum atomic E-state index is -0.624. The van der Waals surface area contributed by atoms with Crippen LogP contribution in [0.1, 0.15) is 11.4 Å². The zero-order valence-electron chi connectivity index (χ0n) is 9.98. The van der Waals surface area contributed by atoms with Crippen molar-refractivity contribution >= 4 is 5.91 Å². The van der Waals surface area contributed by atoms with Crippen molar-refractivity contribution in [2.24, 2.45) is 0 Å². The Labute approximate surface area is 107 Å². The number of nitrogens with zero attached hydrogens (tertiary/aromatic N) is 1. The van der Waals surface area contributed by atoms with Crippen LogP contribution in [-0.2, 0) is 17.6 Å². The number of rotatable bonds is 5. The van der Waals surface area contributed by atoms with Crippen molar-refractivity contribution in [1.29, 1.82) is 0 Å². The van der Waals surface area contributed by atoms with E-state index in [-0.39, 0.29) is 18.1 Å². The third-order valence-corrected chi connectivity index (χ3v) is 2.42. The monoisotopic (exact) mass is 265 g/mol.